The summed E-state index contributed by atoms with van der Waals surface area (Å²) in [4.78, 5) is 2.48. The van der Waals surface area contributed by atoms with Crippen molar-refractivity contribution in [3.63, 3.8) is 0 Å². The molecule has 1 aliphatic heterocycles. The minimum atomic E-state index is 0.675. The number of aryl methyl sites for hydroxylation is 1. The highest BCUT2D eigenvalue weighted by atomic mass is 16.3. The van der Waals surface area contributed by atoms with Gasteiger partial charge >= 0.3 is 0 Å². The van der Waals surface area contributed by atoms with Gasteiger partial charge in [0.2, 0.25) is 0 Å². The number of nitrogens with one attached hydrogen (secondary N) is 1. The Morgan fingerprint density at radius 2 is 2.15 bits per heavy atom. The molecule has 1 N–H and O–H groups in total. The van der Waals surface area contributed by atoms with E-state index in [0.29, 0.717) is 5.92 Å². The monoisotopic (exact) mass is 276 g/mol. The van der Waals surface area contributed by atoms with Crippen molar-refractivity contribution >= 4 is 0 Å². The van der Waals surface area contributed by atoms with E-state index in [-0.39, 0.29) is 0 Å². The molecule has 112 valence electrons. The molecule has 0 spiro atoms. The predicted octanol–water partition coefficient (Wildman–Crippen LogP) is 3.49. The Balaban J connectivity index is 1.87. The number of rotatable bonds is 6. The number of hydrogen-bond donors (Lipinski definition) is 1. The Morgan fingerprint density at radius 1 is 1.35 bits per heavy atom. The molecule has 0 aliphatic carbocycles. The lowest BCUT2D eigenvalue weighted by Gasteiger charge is -2.24. The smallest absolute Gasteiger partial charge is 0.118 e. The maximum Gasteiger partial charge on any atom is 0.118 e. The maximum absolute atomic E-state index is 5.85. The molecule has 3 nitrogen and oxygen atoms in total. The van der Waals surface area contributed by atoms with Crippen molar-refractivity contribution in [3.05, 3.63) is 34.8 Å². The number of hydrogen-bond acceptors (Lipinski definition) is 3. The van der Waals surface area contributed by atoms with Gasteiger partial charge in [-0.3, -0.25) is 4.90 Å². The SMILES string of the molecule is CC1=CCN(Cc2cc(CNCC(C)C)oc2C)CC1. The van der Waals surface area contributed by atoms with E-state index >= 15 is 0 Å². The van der Waals surface area contributed by atoms with Crippen LogP contribution in [0, 0.1) is 12.8 Å². The van der Waals surface area contributed by atoms with E-state index < -0.39 is 0 Å². The Labute approximate surface area is 123 Å². The highest BCUT2D eigenvalue weighted by Crippen LogP contribution is 2.19. The van der Waals surface area contributed by atoms with Gasteiger partial charge in [-0.1, -0.05) is 25.5 Å². The molecule has 0 amide bonds. The van der Waals surface area contributed by atoms with Gasteiger partial charge in [-0.15, -0.1) is 0 Å². The van der Waals surface area contributed by atoms with Gasteiger partial charge < -0.3 is 9.73 Å². The van der Waals surface area contributed by atoms with E-state index in [1.807, 2.05) is 0 Å². The summed E-state index contributed by atoms with van der Waals surface area (Å²) in [5.41, 5.74) is 2.85. The Hall–Kier alpha value is -1.06. The van der Waals surface area contributed by atoms with Crippen LogP contribution in [0.1, 0.15) is 44.3 Å². The van der Waals surface area contributed by atoms with Gasteiger partial charge in [-0.25, -0.2) is 0 Å². The van der Waals surface area contributed by atoms with Crippen molar-refractivity contribution in [1.29, 1.82) is 0 Å². The van der Waals surface area contributed by atoms with Crippen LogP contribution in [0.2, 0.25) is 0 Å². The predicted molar refractivity (Wildman–Crippen MR) is 83.6 cm³/mol. The normalized spacial score (nSPS) is 16.8. The summed E-state index contributed by atoms with van der Waals surface area (Å²) in [6.07, 6.45) is 3.53. The quantitative estimate of drug-likeness (QED) is 0.806. The van der Waals surface area contributed by atoms with Gasteiger partial charge in [0.05, 0.1) is 6.54 Å². The minimum absolute atomic E-state index is 0.675. The lowest BCUT2D eigenvalue weighted by atomic mass is 10.1. The molecule has 1 aromatic heterocycles. The van der Waals surface area contributed by atoms with Gasteiger partial charge in [0.25, 0.3) is 0 Å². The molecular formula is C17H28N2O. The van der Waals surface area contributed by atoms with Crippen LogP contribution in [-0.2, 0) is 13.1 Å². The molecule has 0 aromatic carbocycles. The van der Waals surface area contributed by atoms with Crippen LogP contribution in [0.4, 0.5) is 0 Å². The zero-order valence-electron chi connectivity index (χ0n) is 13.3. The van der Waals surface area contributed by atoms with Gasteiger partial charge in [0.1, 0.15) is 11.5 Å². The lowest BCUT2D eigenvalue weighted by molar-refractivity contribution is 0.284. The topological polar surface area (TPSA) is 28.4 Å². The third kappa shape index (κ3) is 4.50. The molecule has 2 rings (SSSR count). The van der Waals surface area contributed by atoms with Crippen LogP contribution in [0.25, 0.3) is 0 Å². The fourth-order valence-corrected chi connectivity index (χ4v) is 2.51. The van der Waals surface area contributed by atoms with Crippen molar-refractivity contribution in [3.8, 4) is 0 Å². The molecule has 0 unspecified atom stereocenters. The number of furan rings is 1. The van der Waals surface area contributed by atoms with E-state index in [4.69, 9.17) is 4.42 Å². The zero-order valence-corrected chi connectivity index (χ0v) is 13.3. The number of nitrogens with zero attached hydrogens (tertiary/aromatic N) is 1. The second kappa shape index (κ2) is 7.09. The van der Waals surface area contributed by atoms with Crippen molar-refractivity contribution < 1.29 is 4.42 Å². The molecular weight excluding hydrogens is 248 g/mol. The summed E-state index contributed by atoms with van der Waals surface area (Å²) in [7, 11) is 0. The average Bonchev–Trinajstić information content (AvgIpc) is 2.72. The molecule has 1 aliphatic rings. The first kappa shape index (κ1) is 15.3. The maximum atomic E-state index is 5.85. The first-order valence-electron chi connectivity index (χ1n) is 7.71. The van der Waals surface area contributed by atoms with E-state index in [2.05, 4.69) is 50.1 Å². The van der Waals surface area contributed by atoms with Crippen molar-refractivity contribution in [2.24, 2.45) is 5.92 Å². The summed E-state index contributed by atoms with van der Waals surface area (Å²) in [6.45, 7) is 13.8. The first-order valence-corrected chi connectivity index (χ1v) is 7.71. The summed E-state index contributed by atoms with van der Waals surface area (Å²) in [5.74, 6) is 2.80. The van der Waals surface area contributed by atoms with Gasteiger partial charge in [0.15, 0.2) is 0 Å². The fraction of sp³-hybridized carbons (Fsp3) is 0.647. The highest BCUT2D eigenvalue weighted by molar-refractivity contribution is 5.21. The Bertz CT molecular complexity index is 460. The summed E-state index contributed by atoms with van der Waals surface area (Å²) in [6, 6.07) is 2.22. The molecule has 20 heavy (non-hydrogen) atoms. The third-order valence-electron chi connectivity index (χ3n) is 3.84. The van der Waals surface area contributed by atoms with Gasteiger partial charge in [-0.2, -0.15) is 0 Å². The van der Waals surface area contributed by atoms with E-state index in [1.54, 1.807) is 0 Å². The summed E-state index contributed by atoms with van der Waals surface area (Å²) >= 11 is 0. The second-order valence-corrected chi connectivity index (χ2v) is 6.35. The van der Waals surface area contributed by atoms with E-state index in [9.17, 15) is 0 Å². The van der Waals surface area contributed by atoms with Crippen molar-refractivity contribution in [1.82, 2.24) is 10.2 Å². The molecule has 0 saturated heterocycles. The van der Waals surface area contributed by atoms with Crippen LogP contribution in [0.5, 0.6) is 0 Å². The molecule has 2 heterocycles. The van der Waals surface area contributed by atoms with E-state index in [1.165, 1.54) is 17.6 Å². The molecule has 1 aromatic rings. The zero-order chi connectivity index (χ0) is 14.5. The van der Waals surface area contributed by atoms with Crippen LogP contribution in [-0.4, -0.2) is 24.5 Å². The Morgan fingerprint density at radius 3 is 2.80 bits per heavy atom. The molecule has 0 bridgehead atoms. The largest absolute Gasteiger partial charge is 0.465 e. The van der Waals surface area contributed by atoms with E-state index in [0.717, 1.165) is 44.2 Å². The van der Waals surface area contributed by atoms with Gasteiger partial charge in [-0.05, 0) is 38.8 Å². The minimum Gasteiger partial charge on any atom is -0.465 e. The second-order valence-electron chi connectivity index (χ2n) is 6.35. The van der Waals surface area contributed by atoms with Crippen LogP contribution in [0.3, 0.4) is 0 Å². The fourth-order valence-electron chi connectivity index (χ4n) is 2.51. The van der Waals surface area contributed by atoms with Crippen LogP contribution in [0.15, 0.2) is 22.1 Å². The summed E-state index contributed by atoms with van der Waals surface area (Å²) < 4.78 is 5.85. The van der Waals surface area contributed by atoms with Crippen molar-refractivity contribution in [2.75, 3.05) is 19.6 Å². The summed E-state index contributed by atoms with van der Waals surface area (Å²) in [5, 5.41) is 3.43. The standard InChI is InChI=1S/C17H28N2O/c1-13(2)10-18-11-17-9-16(15(4)20-17)12-19-7-5-14(3)6-8-19/h5,9,13,18H,6-8,10-12H2,1-4H3. The molecule has 3 heteroatoms. The molecule has 0 radical (unpaired) electrons. The molecule has 0 atom stereocenters. The average molecular weight is 276 g/mol. The lowest BCUT2D eigenvalue weighted by Crippen LogP contribution is -2.27. The first-order chi connectivity index (χ1) is 9.54. The van der Waals surface area contributed by atoms with Crippen molar-refractivity contribution in [2.45, 2.75) is 47.2 Å². The molecule has 0 saturated carbocycles. The van der Waals surface area contributed by atoms with Crippen LogP contribution < -0.4 is 5.32 Å². The van der Waals surface area contributed by atoms with Gasteiger partial charge in [0, 0.05) is 25.2 Å². The highest BCUT2D eigenvalue weighted by Gasteiger charge is 2.14. The molecule has 0 fully saturated rings. The Kier molecular flexibility index (Phi) is 5.44. The third-order valence-corrected chi connectivity index (χ3v) is 3.84. The van der Waals surface area contributed by atoms with Crippen LogP contribution >= 0.6 is 0 Å².